The minimum atomic E-state index is -0.593. The fourth-order valence-electron chi connectivity index (χ4n) is 3.49. The van der Waals surface area contributed by atoms with E-state index in [4.69, 9.17) is 9.47 Å². The molecule has 164 valence electrons. The third-order valence-electron chi connectivity index (χ3n) is 4.77. The van der Waals surface area contributed by atoms with Crippen LogP contribution in [0.4, 0.5) is 9.59 Å². The third-order valence-corrected chi connectivity index (χ3v) is 4.77. The zero-order valence-corrected chi connectivity index (χ0v) is 18.2. The van der Waals surface area contributed by atoms with Gasteiger partial charge < -0.3 is 14.8 Å². The molecule has 2 aromatic rings. The van der Waals surface area contributed by atoms with Crippen molar-refractivity contribution in [3.8, 4) is 11.1 Å². The van der Waals surface area contributed by atoms with Crippen LogP contribution in [0.2, 0.25) is 0 Å². The van der Waals surface area contributed by atoms with Crippen LogP contribution in [-0.2, 0) is 9.47 Å². The predicted octanol–water partition coefficient (Wildman–Crippen LogP) is 4.82. The Morgan fingerprint density at radius 2 is 1.61 bits per heavy atom. The number of carbonyl (C=O) groups is 2. The molecule has 2 amide bonds. The molecule has 0 heterocycles. The second kappa shape index (κ2) is 10.1. The maximum absolute atomic E-state index is 12.0. The van der Waals surface area contributed by atoms with Gasteiger partial charge in [0.1, 0.15) is 12.2 Å². The number of hydrazone groups is 1. The Balaban J connectivity index is 1.38. The zero-order chi connectivity index (χ0) is 22.3. The molecule has 0 saturated carbocycles. The number of hydrogen-bond acceptors (Lipinski definition) is 5. The molecule has 0 spiro atoms. The van der Waals surface area contributed by atoms with E-state index in [1.807, 2.05) is 45.0 Å². The fourth-order valence-corrected chi connectivity index (χ4v) is 3.49. The smallest absolute Gasteiger partial charge is 0.427 e. The molecular weight excluding hydrogens is 394 g/mol. The number of carbonyl (C=O) groups excluding carboxylic acids is 2. The Bertz CT molecular complexity index is 904. The first-order valence-corrected chi connectivity index (χ1v) is 10.4. The van der Waals surface area contributed by atoms with Gasteiger partial charge >= 0.3 is 12.2 Å². The first-order chi connectivity index (χ1) is 14.8. The van der Waals surface area contributed by atoms with E-state index in [1.165, 1.54) is 11.1 Å². The van der Waals surface area contributed by atoms with Gasteiger partial charge in [-0.25, -0.2) is 15.0 Å². The van der Waals surface area contributed by atoms with Crippen molar-refractivity contribution >= 4 is 18.4 Å². The number of nitrogens with zero attached hydrogens (tertiary/aromatic N) is 1. The molecule has 0 unspecified atom stereocenters. The second-order valence-electron chi connectivity index (χ2n) is 8.32. The highest BCUT2D eigenvalue weighted by Gasteiger charge is 2.28. The van der Waals surface area contributed by atoms with Crippen LogP contribution in [0.1, 0.15) is 50.7 Å². The molecule has 0 atom stereocenters. The molecule has 1 aliphatic rings. The van der Waals surface area contributed by atoms with E-state index in [0.717, 1.165) is 11.1 Å². The van der Waals surface area contributed by atoms with Gasteiger partial charge in [0, 0.05) is 18.7 Å². The van der Waals surface area contributed by atoms with Gasteiger partial charge in [0.25, 0.3) is 0 Å². The van der Waals surface area contributed by atoms with Crippen molar-refractivity contribution in [3.63, 3.8) is 0 Å². The molecule has 3 rings (SSSR count). The van der Waals surface area contributed by atoms with Crippen molar-refractivity contribution in [1.82, 2.24) is 10.7 Å². The summed E-state index contributed by atoms with van der Waals surface area (Å²) in [5.74, 6) is 0.0149. The van der Waals surface area contributed by atoms with Gasteiger partial charge in [-0.15, -0.1) is 0 Å². The predicted molar refractivity (Wildman–Crippen MR) is 120 cm³/mol. The molecule has 0 saturated heterocycles. The summed E-state index contributed by atoms with van der Waals surface area (Å²) in [6.45, 7) is 6.15. The van der Waals surface area contributed by atoms with Crippen LogP contribution >= 0.6 is 0 Å². The van der Waals surface area contributed by atoms with Crippen LogP contribution in [0, 0.1) is 0 Å². The normalized spacial score (nSPS) is 12.9. The summed E-state index contributed by atoms with van der Waals surface area (Å²) in [6.07, 6.45) is 1.82. The summed E-state index contributed by atoms with van der Waals surface area (Å²) in [4.78, 5) is 23.5. The highest BCUT2D eigenvalue weighted by Crippen LogP contribution is 2.44. The Kier molecular flexibility index (Phi) is 7.28. The van der Waals surface area contributed by atoms with Gasteiger partial charge in [-0.1, -0.05) is 48.5 Å². The molecule has 0 bridgehead atoms. The standard InChI is InChI=1S/C24H29N3O4/c1-24(2,3)31-22(28)25-14-8-9-15-26-27-23(29)30-16-21-19-12-6-4-10-17(19)18-11-5-7-13-20(18)21/h4-7,10-13,15,21H,8-9,14,16H2,1-3H3,(H,25,28)(H,27,29)/b26-15+. The van der Waals surface area contributed by atoms with Crippen molar-refractivity contribution in [3.05, 3.63) is 59.7 Å². The SMILES string of the molecule is CC(C)(C)OC(=O)NCCC/C=N/NC(=O)OCC1c2ccccc2-c2ccccc21. The molecule has 1 aliphatic carbocycles. The molecule has 7 heteroatoms. The number of unbranched alkanes of at least 4 members (excludes halogenated alkanes) is 1. The molecular formula is C24H29N3O4. The van der Waals surface area contributed by atoms with Crippen molar-refractivity contribution < 1.29 is 19.1 Å². The summed E-state index contributed by atoms with van der Waals surface area (Å²) in [5, 5.41) is 6.56. The van der Waals surface area contributed by atoms with Gasteiger partial charge in [0.15, 0.2) is 0 Å². The Morgan fingerprint density at radius 3 is 2.23 bits per heavy atom. The average molecular weight is 424 g/mol. The number of benzene rings is 2. The van der Waals surface area contributed by atoms with Crippen LogP contribution in [0.5, 0.6) is 0 Å². The quantitative estimate of drug-likeness (QED) is 0.380. The maximum Gasteiger partial charge on any atom is 0.427 e. The summed E-state index contributed by atoms with van der Waals surface area (Å²) >= 11 is 0. The topological polar surface area (TPSA) is 89.0 Å². The van der Waals surface area contributed by atoms with Gasteiger partial charge in [-0.3, -0.25) is 0 Å². The number of amides is 2. The van der Waals surface area contributed by atoms with Crippen LogP contribution < -0.4 is 10.7 Å². The van der Waals surface area contributed by atoms with E-state index in [2.05, 4.69) is 40.1 Å². The maximum atomic E-state index is 12.0. The lowest BCUT2D eigenvalue weighted by atomic mass is 9.98. The third kappa shape index (κ3) is 6.31. The highest BCUT2D eigenvalue weighted by atomic mass is 16.6. The minimum absolute atomic E-state index is 0.0149. The van der Waals surface area contributed by atoms with E-state index in [0.29, 0.717) is 19.4 Å². The monoisotopic (exact) mass is 423 g/mol. The number of ether oxygens (including phenoxy) is 2. The Hall–Kier alpha value is -3.35. The van der Waals surface area contributed by atoms with E-state index >= 15 is 0 Å². The van der Waals surface area contributed by atoms with Gasteiger partial charge in [-0.2, -0.15) is 5.10 Å². The molecule has 7 nitrogen and oxygen atoms in total. The minimum Gasteiger partial charge on any atom is -0.447 e. The molecule has 0 aliphatic heterocycles. The van der Waals surface area contributed by atoms with E-state index < -0.39 is 17.8 Å². The lowest BCUT2D eigenvalue weighted by Gasteiger charge is -2.19. The molecule has 0 radical (unpaired) electrons. The van der Waals surface area contributed by atoms with E-state index in [1.54, 1.807) is 6.21 Å². The van der Waals surface area contributed by atoms with Crippen molar-refractivity contribution in [1.29, 1.82) is 0 Å². The van der Waals surface area contributed by atoms with Crippen LogP contribution in [0.25, 0.3) is 11.1 Å². The number of alkyl carbamates (subject to hydrolysis) is 1. The van der Waals surface area contributed by atoms with E-state index in [9.17, 15) is 9.59 Å². The lowest BCUT2D eigenvalue weighted by Crippen LogP contribution is -2.33. The lowest BCUT2D eigenvalue weighted by molar-refractivity contribution is 0.0527. The molecule has 31 heavy (non-hydrogen) atoms. The van der Waals surface area contributed by atoms with Crippen LogP contribution in [-0.4, -0.2) is 37.2 Å². The molecule has 0 aromatic heterocycles. The number of nitrogens with one attached hydrogen (secondary N) is 2. The van der Waals surface area contributed by atoms with Crippen molar-refractivity contribution in [2.75, 3.05) is 13.2 Å². The van der Waals surface area contributed by atoms with Gasteiger partial charge in [0.2, 0.25) is 0 Å². The zero-order valence-electron chi connectivity index (χ0n) is 18.2. The highest BCUT2D eigenvalue weighted by molar-refractivity contribution is 5.79. The van der Waals surface area contributed by atoms with Crippen LogP contribution in [0.3, 0.4) is 0 Å². The van der Waals surface area contributed by atoms with Gasteiger partial charge in [0.05, 0.1) is 0 Å². The largest absolute Gasteiger partial charge is 0.447 e. The summed E-state index contributed by atoms with van der Waals surface area (Å²) in [6, 6.07) is 16.4. The summed E-state index contributed by atoms with van der Waals surface area (Å²) in [5.41, 5.74) is 6.57. The summed E-state index contributed by atoms with van der Waals surface area (Å²) in [7, 11) is 0. The Labute approximate surface area is 182 Å². The van der Waals surface area contributed by atoms with Crippen molar-refractivity contribution in [2.45, 2.75) is 45.1 Å². The summed E-state index contributed by atoms with van der Waals surface area (Å²) < 4.78 is 10.6. The fraction of sp³-hybridized carbons (Fsp3) is 0.375. The van der Waals surface area contributed by atoms with E-state index in [-0.39, 0.29) is 12.5 Å². The molecule has 2 aromatic carbocycles. The number of rotatable bonds is 7. The number of hydrogen-bond donors (Lipinski definition) is 2. The molecule has 0 fully saturated rings. The average Bonchev–Trinajstić information content (AvgIpc) is 3.04. The van der Waals surface area contributed by atoms with Crippen LogP contribution in [0.15, 0.2) is 53.6 Å². The van der Waals surface area contributed by atoms with Gasteiger partial charge in [-0.05, 0) is 55.9 Å². The first kappa shape index (κ1) is 22.3. The Morgan fingerprint density at radius 1 is 1.00 bits per heavy atom. The number of fused-ring (bicyclic) bond motifs is 3. The second-order valence-corrected chi connectivity index (χ2v) is 8.32. The first-order valence-electron chi connectivity index (χ1n) is 10.4. The molecule has 2 N–H and O–H groups in total. The van der Waals surface area contributed by atoms with Crippen molar-refractivity contribution in [2.24, 2.45) is 5.10 Å².